The Bertz CT molecular complexity index is 1100. The highest BCUT2D eigenvalue weighted by Crippen LogP contribution is 2.19. The molecule has 0 atom stereocenters. The summed E-state index contributed by atoms with van der Waals surface area (Å²) in [6.45, 7) is 2.58. The van der Waals surface area contributed by atoms with Gasteiger partial charge in [0.15, 0.2) is 6.61 Å². The van der Waals surface area contributed by atoms with Gasteiger partial charge in [-0.2, -0.15) is 0 Å². The number of halogens is 1. The Balaban J connectivity index is 1.53. The minimum Gasteiger partial charge on any atom is -0.492 e. The van der Waals surface area contributed by atoms with Crippen LogP contribution in [0.3, 0.4) is 0 Å². The van der Waals surface area contributed by atoms with Crippen molar-refractivity contribution in [3.05, 3.63) is 95.3 Å². The number of likely N-dealkylation sites (N-methyl/N-ethyl adjacent to an activating group) is 1. The lowest BCUT2D eigenvalue weighted by Gasteiger charge is -2.21. The molecule has 1 amide bonds. The second kappa shape index (κ2) is 11.7. The van der Waals surface area contributed by atoms with Crippen molar-refractivity contribution in [1.82, 2.24) is 4.90 Å². The van der Waals surface area contributed by atoms with E-state index in [1.165, 1.54) is 17.0 Å². The van der Waals surface area contributed by atoms with Crippen molar-refractivity contribution in [2.24, 2.45) is 0 Å². The van der Waals surface area contributed by atoms with Gasteiger partial charge in [0.05, 0.1) is 6.61 Å². The number of hydrogen-bond donors (Lipinski definition) is 1. The van der Waals surface area contributed by atoms with E-state index in [-0.39, 0.29) is 30.4 Å². The molecular weight excluding hydrogens is 425 g/mol. The second-order valence-corrected chi connectivity index (χ2v) is 7.34. The minimum atomic E-state index is -1.04. The lowest BCUT2D eigenvalue weighted by molar-refractivity contribution is -0.133. The third-order valence-electron chi connectivity index (χ3n) is 5.08. The largest absolute Gasteiger partial charge is 0.492 e. The standard InChI is InChI=1S/C26H26FNO5/c1-2-28(17-20-9-3-5-12-23(20)27)25(29)18-33-21-10-7-8-19(16-21)14-15-32-24-13-6-4-11-22(24)26(30)31/h3-13,16H,2,14-15,17-18H2,1H3,(H,30,31). The van der Waals surface area contributed by atoms with Crippen molar-refractivity contribution in [3.8, 4) is 11.5 Å². The van der Waals surface area contributed by atoms with Gasteiger partial charge in [-0.15, -0.1) is 0 Å². The van der Waals surface area contributed by atoms with Crippen LogP contribution in [0.5, 0.6) is 11.5 Å². The smallest absolute Gasteiger partial charge is 0.339 e. The zero-order chi connectivity index (χ0) is 23.6. The van der Waals surface area contributed by atoms with Crippen LogP contribution in [0, 0.1) is 5.82 Å². The fraction of sp³-hybridized carbons (Fsp3) is 0.231. The molecule has 0 radical (unpaired) electrons. The molecule has 3 aromatic carbocycles. The highest BCUT2D eigenvalue weighted by atomic mass is 19.1. The molecule has 0 heterocycles. The van der Waals surface area contributed by atoms with Crippen molar-refractivity contribution in [3.63, 3.8) is 0 Å². The summed E-state index contributed by atoms with van der Waals surface area (Å²) in [7, 11) is 0. The van der Waals surface area contributed by atoms with Crippen molar-refractivity contribution < 1.29 is 28.6 Å². The first kappa shape index (κ1) is 23.8. The monoisotopic (exact) mass is 451 g/mol. The highest BCUT2D eigenvalue weighted by Gasteiger charge is 2.15. The van der Waals surface area contributed by atoms with Gasteiger partial charge in [0, 0.05) is 25.1 Å². The van der Waals surface area contributed by atoms with Crippen molar-refractivity contribution >= 4 is 11.9 Å². The average molecular weight is 451 g/mol. The summed E-state index contributed by atoms with van der Waals surface area (Å²) in [5.41, 5.74) is 1.49. The maximum atomic E-state index is 13.9. The molecule has 0 saturated carbocycles. The molecule has 7 heteroatoms. The molecular formula is C26H26FNO5. The predicted octanol–water partition coefficient (Wildman–Crippen LogP) is 4.57. The molecule has 0 aromatic heterocycles. The molecule has 3 aromatic rings. The molecule has 3 rings (SSSR count). The van der Waals surface area contributed by atoms with E-state index >= 15 is 0 Å². The fourth-order valence-electron chi connectivity index (χ4n) is 3.28. The van der Waals surface area contributed by atoms with Gasteiger partial charge in [-0.1, -0.05) is 42.5 Å². The quantitative estimate of drug-likeness (QED) is 0.462. The van der Waals surface area contributed by atoms with E-state index in [1.54, 1.807) is 42.5 Å². The first-order chi connectivity index (χ1) is 16.0. The lowest BCUT2D eigenvalue weighted by Crippen LogP contribution is -2.34. The number of aromatic carboxylic acids is 1. The molecule has 0 aliphatic carbocycles. The molecule has 0 spiro atoms. The molecule has 0 unspecified atom stereocenters. The molecule has 33 heavy (non-hydrogen) atoms. The first-order valence-corrected chi connectivity index (χ1v) is 10.7. The molecule has 6 nitrogen and oxygen atoms in total. The summed E-state index contributed by atoms with van der Waals surface area (Å²) in [5, 5.41) is 9.23. The van der Waals surface area contributed by atoms with Crippen LogP contribution in [0.15, 0.2) is 72.8 Å². The van der Waals surface area contributed by atoms with E-state index in [0.717, 1.165) is 5.56 Å². The predicted molar refractivity (Wildman–Crippen MR) is 122 cm³/mol. The molecule has 0 aliphatic rings. The van der Waals surface area contributed by atoms with Crippen LogP contribution >= 0.6 is 0 Å². The van der Waals surface area contributed by atoms with Crippen LogP contribution in [0.1, 0.15) is 28.4 Å². The van der Waals surface area contributed by atoms with E-state index in [4.69, 9.17) is 9.47 Å². The van der Waals surface area contributed by atoms with Crippen LogP contribution in [0.4, 0.5) is 4.39 Å². The molecule has 172 valence electrons. The van der Waals surface area contributed by atoms with Gasteiger partial charge in [0.2, 0.25) is 0 Å². The third kappa shape index (κ3) is 6.80. The lowest BCUT2D eigenvalue weighted by atomic mass is 10.1. The number of carbonyl (C=O) groups is 2. The number of nitrogens with zero attached hydrogens (tertiary/aromatic N) is 1. The Kier molecular flexibility index (Phi) is 8.41. The van der Waals surface area contributed by atoms with E-state index in [2.05, 4.69) is 0 Å². The van der Waals surface area contributed by atoms with Gasteiger partial charge in [0.25, 0.3) is 5.91 Å². The summed E-state index contributed by atoms with van der Waals surface area (Å²) >= 11 is 0. The van der Waals surface area contributed by atoms with E-state index in [0.29, 0.717) is 36.6 Å². The Labute approximate surface area is 192 Å². The zero-order valence-corrected chi connectivity index (χ0v) is 18.4. The summed E-state index contributed by atoms with van der Waals surface area (Å²) in [6.07, 6.45) is 0.535. The van der Waals surface area contributed by atoms with E-state index < -0.39 is 5.97 Å². The number of carboxylic acids is 1. The first-order valence-electron chi connectivity index (χ1n) is 10.7. The third-order valence-corrected chi connectivity index (χ3v) is 5.08. The number of para-hydroxylation sites is 1. The molecule has 0 saturated heterocycles. The zero-order valence-electron chi connectivity index (χ0n) is 18.4. The molecule has 0 fully saturated rings. The van der Waals surface area contributed by atoms with Gasteiger partial charge in [-0.25, -0.2) is 9.18 Å². The molecule has 0 bridgehead atoms. The van der Waals surface area contributed by atoms with Crippen LogP contribution in [-0.4, -0.2) is 41.6 Å². The highest BCUT2D eigenvalue weighted by molar-refractivity contribution is 5.90. The average Bonchev–Trinajstić information content (AvgIpc) is 2.82. The number of ether oxygens (including phenoxy) is 2. The van der Waals surface area contributed by atoms with Crippen LogP contribution in [0.2, 0.25) is 0 Å². The van der Waals surface area contributed by atoms with Gasteiger partial charge in [-0.05, 0) is 42.8 Å². The minimum absolute atomic E-state index is 0.115. The number of hydrogen-bond acceptors (Lipinski definition) is 4. The summed E-state index contributed by atoms with van der Waals surface area (Å²) < 4.78 is 25.2. The normalized spacial score (nSPS) is 10.5. The van der Waals surface area contributed by atoms with Crippen molar-refractivity contribution in [2.75, 3.05) is 19.8 Å². The number of benzene rings is 3. The fourth-order valence-corrected chi connectivity index (χ4v) is 3.28. The maximum Gasteiger partial charge on any atom is 0.339 e. The topological polar surface area (TPSA) is 76.1 Å². The Hall–Kier alpha value is -3.87. The molecule has 0 aliphatic heterocycles. The number of amides is 1. The number of carboxylic acid groups (broad SMARTS) is 1. The van der Waals surface area contributed by atoms with Gasteiger partial charge >= 0.3 is 5.97 Å². The molecule has 1 N–H and O–H groups in total. The SMILES string of the molecule is CCN(Cc1ccccc1F)C(=O)COc1cccc(CCOc2ccccc2C(=O)O)c1. The van der Waals surface area contributed by atoms with Crippen molar-refractivity contribution in [1.29, 1.82) is 0 Å². The van der Waals surface area contributed by atoms with Gasteiger partial charge in [0.1, 0.15) is 22.9 Å². The maximum absolute atomic E-state index is 13.9. The summed E-state index contributed by atoms with van der Waals surface area (Å²) in [6, 6.07) is 20.2. The number of rotatable bonds is 11. The van der Waals surface area contributed by atoms with Crippen molar-refractivity contribution in [2.45, 2.75) is 19.9 Å². The van der Waals surface area contributed by atoms with Crippen LogP contribution in [-0.2, 0) is 17.8 Å². The van der Waals surface area contributed by atoms with Crippen LogP contribution < -0.4 is 9.47 Å². The van der Waals surface area contributed by atoms with Gasteiger partial charge in [-0.3, -0.25) is 4.79 Å². The Morgan fingerprint density at radius 1 is 0.970 bits per heavy atom. The van der Waals surface area contributed by atoms with E-state index in [1.807, 2.05) is 25.1 Å². The van der Waals surface area contributed by atoms with E-state index in [9.17, 15) is 19.1 Å². The summed E-state index contributed by atoms with van der Waals surface area (Å²) in [4.78, 5) is 25.4. The number of carbonyl (C=O) groups excluding carboxylic acids is 1. The Morgan fingerprint density at radius 2 is 1.73 bits per heavy atom. The van der Waals surface area contributed by atoms with Gasteiger partial charge < -0.3 is 19.5 Å². The van der Waals surface area contributed by atoms with Crippen LogP contribution in [0.25, 0.3) is 0 Å². The Morgan fingerprint density at radius 3 is 2.48 bits per heavy atom. The second-order valence-electron chi connectivity index (χ2n) is 7.34. The summed E-state index contributed by atoms with van der Waals surface area (Å²) in [5.74, 6) is -0.765.